The van der Waals surface area contributed by atoms with Gasteiger partial charge in [0.1, 0.15) is 6.23 Å². The number of piperidine rings is 1. The third-order valence-corrected chi connectivity index (χ3v) is 8.03. The number of hydroxylamine groups is 1. The van der Waals surface area contributed by atoms with Crippen molar-refractivity contribution in [3.63, 3.8) is 0 Å². The van der Waals surface area contributed by atoms with Gasteiger partial charge in [-0.25, -0.2) is 0 Å². The van der Waals surface area contributed by atoms with Crippen LogP contribution in [0.5, 0.6) is 0 Å². The summed E-state index contributed by atoms with van der Waals surface area (Å²) >= 11 is 0. The molecule has 5 rings (SSSR count). The highest BCUT2D eigenvalue weighted by molar-refractivity contribution is 4.92. The van der Waals surface area contributed by atoms with E-state index in [9.17, 15) is 0 Å². The average Bonchev–Trinajstić information content (AvgIpc) is 3.45. The van der Waals surface area contributed by atoms with Gasteiger partial charge < -0.3 is 10.1 Å². The summed E-state index contributed by atoms with van der Waals surface area (Å²) in [5.74, 6) is 1.50. The highest BCUT2D eigenvalue weighted by Gasteiger charge is 2.41. The Balaban J connectivity index is 1.09. The van der Waals surface area contributed by atoms with Crippen LogP contribution in [0.3, 0.4) is 0 Å². The lowest BCUT2D eigenvalue weighted by atomic mass is 9.89. The first-order valence-electron chi connectivity index (χ1n) is 12.3. The van der Waals surface area contributed by atoms with Crippen molar-refractivity contribution >= 4 is 0 Å². The maximum Gasteiger partial charge on any atom is 0.146 e. The van der Waals surface area contributed by atoms with Crippen LogP contribution in [0.4, 0.5) is 0 Å². The quantitative estimate of drug-likeness (QED) is 0.638. The molecular weight excluding hydrogens is 366 g/mol. The fraction of sp³-hybridized carbons (Fsp3) is 1.00. The first kappa shape index (κ1) is 20.6. The SMILES string of the molecule is C1CCC(CN2CCC[C@H]2C2NC(C3CCC(N4CCOCC4)NC3)NO2)CC1. The van der Waals surface area contributed by atoms with Crippen LogP contribution in [0.15, 0.2) is 0 Å². The number of ether oxygens (including phenoxy) is 1. The molecule has 0 aromatic carbocycles. The number of morpholine rings is 1. The predicted molar refractivity (Wildman–Crippen MR) is 113 cm³/mol. The molecule has 7 nitrogen and oxygen atoms in total. The maximum absolute atomic E-state index is 6.11. The van der Waals surface area contributed by atoms with Crippen molar-refractivity contribution in [1.29, 1.82) is 0 Å². The zero-order valence-electron chi connectivity index (χ0n) is 18.0. The van der Waals surface area contributed by atoms with Gasteiger partial charge in [0.05, 0.1) is 31.6 Å². The van der Waals surface area contributed by atoms with Crippen LogP contribution in [-0.4, -0.2) is 80.3 Å². The number of nitrogens with one attached hydrogen (secondary N) is 3. The Morgan fingerprint density at radius 2 is 1.72 bits per heavy atom. The second kappa shape index (κ2) is 9.90. The molecule has 0 bridgehead atoms. The summed E-state index contributed by atoms with van der Waals surface area (Å²) in [6, 6.07) is 0.534. The molecule has 0 radical (unpaired) electrons. The van der Waals surface area contributed by atoms with E-state index >= 15 is 0 Å². The molecule has 0 spiro atoms. The Labute approximate surface area is 176 Å². The Morgan fingerprint density at radius 3 is 2.52 bits per heavy atom. The van der Waals surface area contributed by atoms with E-state index in [2.05, 4.69) is 25.9 Å². The molecule has 4 aliphatic heterocycles. The lowest BCUT2D eigenvalue weighted by Gasteiger charge is -2.40. The Morgan fingerprint density at radius 1 is 0.862 bits per heavy atom. The van der Waals surface area contributed by atoms with E-state index in [1.165, 1.54) is 70.9 Å². The van der Waals surface area contributed by atoms with Crippen molar-refractivity contribution in [1.82, 2.24) is 25.9 Å². The molecule has 1 saturated carbocycles. The summed E-state index contributed by atoms with van der Waals surface area (Å²) < 4.78 is 5.50. The molecule has 1 aliphatic carbocycles. The minimum Gasteiger partial charge on any atom is -0.379 e. The standard InChI is InChI=1S/C22H41N5O2/c1-2-5-17(6-3-1)16-27-10-4-7-19(27)22-24-21(25-29-22)18-8-9-20(23-15-18)26-11-13-28-14-12-26/h17-25H,1-16H2/t18?,19-,20?,21?,22?/m0/s1. The number of nitrogens with zero attached hydrogens (tertiary/aromatic N) is 2. The number of hydrogen-bond acceptors (Lipinski definition) is 7. The van der Waals surface area contributed by atoms with Crippen LogP contribution in [-0.2, 0) is 9.57 Å². The summed E-state index contributed by atoms with van der Waals surface area (Å²) in [5, 5.41) is 7.60. The van der Waals surface area contributed by atoms with Crippen molar-refractivity contribution in [2.24, 2.45) is 11.8 Å². The highest BCUT2D eigenvalue weighted by atomic mass is 16.7. The molecule has 3 N–H and O–H groups in total. The summed E-state index contributed by atoms with van der Waals surface area (Å²) in [4.78, 5) is 11.4. The zero-order valence-corrected chi connectivity index (χ0v) is 18.0. The second-order valence-electron chi connectivity index (χ2n) is 9.92. The van der Waals surface area contributed by atoms with Crippen molar-refractivity contribution < 1.29 is 9.57 Å². The van der Waals surface area contributed by atoms with Crippen molar-refractivity contribution in [3.8, 4) is 0 Å². The largest absolute Gasteiger partial charge is 0.379 e. The molecule has 5 aliphatic rings. The lowest BCUT2D eigenvalue weighted by molar-refractivity contribution is -0.0289. The fourth-order valence-electron chi connectivity index (χ4n) is 6.29. The van der Waals surface area contributed by atoms with Crippen molar-refractivity contribution in [3.05, 3.63) is 0 Å². The minimum atomic E-state index is 0.142. The summed E-state index contributed by atoms with van der Waals surface area (Å²) in [5.41, 5.74) is 3.36. The van der Waals surface area contributed by atoms with Crippen LogP contribution in [0, 0.1) is 11.8 Å². The average molecular weight is 408 g/mol. The monoisotopic (exact) mass is 407 g/mol. The molecular formula is C22H41N5O2. The zero-order chi connectivity index (χ0) is 19.5. The number of rotatable bonds is 5. The van der Waals surface area contributed by atoms with Crippen LogP contribution >= 0.6 is 0 Å². The van der Waals surface area contributed by atoms with Gasteiger partial charge in [0, 0.05) is 32.1 Å². The van der Waals surface area contributed by atoms with Gasteiger partial charge in [-0.15, -0.1) is 0 Å². The van der Waals surface area contributed by atoms with E-state index in [-0.39, 0.29) is 12.4 Å². The molecule has 4 unspecified atom stereocenters. The molecule has 5 fully saturated rings. The van der Waals surface area contributed by atoms with Crippen LogP contribution in [0.1, 0.15) is 57.8 Å². The van der Waals surface area contributed by atoms with Gasteiger partial charge in [0.25, 0.3) is 0 Å². The Hall–Kier alpha value is -0.280. The lowest BCUT2D eigenvalue weighted by Crippen LogP contribution is -2.57. The summed E-state index contributed by atoms with van der Waals surface area (Å²) in [6.07, 6.45) is 13.2. The fourth-order valence-corrected chi connectivity index (χ4v) is 6.29. The Kier molecular flexibility index (Phi) is 7.03. The highest BCUT2D eigenvalue weighted by Crippen LogP contribution is 2.30. The van der Waals surface area contributed by atoms with Gasteiger partial charge in [-0.2, -0.15) is 5.48 Å². The molecule has 5 atom stereocenters. The van der Waals surface area contributed by atoms with Crippen molar-refractivity contribution in [2.75, 3.05) is 45.9 Å². The van der Waals surface area contributed by atoms with E-state index in [0.717, 1.165) is 38.8 Å². The molecule has 0 amide bonds. The number of likely N-dealkylation sites (tertiary alicyclic amines) is 1. The molecule has 0 aromatic heterocycles. The van der Waals surface area contributed by atoms with E-state index < -0.39 is 0 Å². The van der Waals surface area contributed by atoms with Crippen LogP contribution in [0.2, 0.25) is 0 Å². The van der Waals surface area contributed by atoms with Crippen LogP contribution < -0.4 is 16.1 Å². The maximum atomic E-state index is 6.11. The predicted octanol–water partition coefficient (Wildman–Crippen LogP) is 1.47. The summed E-state index contributed by atoms with van der Waals surface area (Å²) in [7, 11) is 0. The van der Waals surface area contributed by atoms with Gasteiger partial charge in [0.15, 0.2) is 0 Å². The van der Waals surface area contributed by atoms with Gasteiger partial charge in [-0.1, -0.05) is 19.3 Å². The van der Waals surface area contributed by atoms with Gasteiger partial charge in [-0.05, 0) is 51.0 Å². The summed E-state index contributed by atoms with van der Waals surface area (Å²) in [6.45, 7) is 7.46. The van der Waals surface area contributed by atoms with Crippen LogP contribution in [0.25, 0.3) is 0 Å². The number of hydrogen-bond donors (Lipinski definition) is 3. The molecule has 166 valence electrons. The molecule has 7 heteroatoms. The van der Waals surface area contributed by atoms with Gasteiger partial charge >= 0.3 is 0 Å². The van der Waals surface area contributed by atoms with E-state index in [1.54, 1.807) is 0 Å². The van der Waals surface area contributed by atoms with E-state index in [1.807, 2.05) is 0 Å². The third kappa shape index (κ3) is 4.97. The van der Waals surface area contributed by atoms with Gasteiger partial charge in [-0.3, -0.25) is 20.0 Å². The second-order valence-corrected chi connectivity index (χ2v) is 9.92. The van der Waals surface area contributed by atoms with Crippen molar-refractivity contribution in [2.45, 2.75) is 82.4 Å². The third-order valence-electron chi connectivity index (χ3n) is 8.03. The molecule has 4 saturated heterocycles. The topological polar surface area (TPSA) is 61.0 Å². The van der Waals surface area contributed by atoms with Gasteiger partial charge in [0.2, 0.25) is 0 Å². The van der Waals surface area contributed by atoms with E-state index in [0.29, 0.717) is 18.1 Å². The smallest absolute Gasteiger partial charge is 0.146 e. The molecule has 29 heavy (non-hydrogen) atoms. The van der Waals surface area contributed by atoms with E-state index in [4.69, 9.17) is 9.57 Å². The normalized spacial score (nSPS) is 41.2. The Bertz CT molecular complexity index is 503. The molecule has 0 aromatic rings. The first-order valence-corrected chi connectivity index (χ1v) is 12.3. The minimum absolute atomic E-state index is 0.142. The molecule has 4 heterocycles. The first-order chi connectivity index (χ1) is 14.4.